The number of hydrogen-bond donors (Lipinski definition) is 1. The lowest BCUT2D eigenvalue weighted by atomic mass is 9.94. The van der Waals surface area contributed by atoms with E-state index in [9.17, 15) is 0 Å². The molecule has 2 rings (SSSR count). The first-order chi connectivity index (χ1) is 8.67. The predicted octanol–water partition coefficient (Wildman–Crippen LogP) is 4.51. The number of hydrogen-bond acceptors (Lipinski definition) is 1. The lowest BCUT2D eigenvalue weighted by Crippen LogP contribution is -2.23. The van der Waals surface area contributed by atoms with Gasteiger partial charge in [-0.25, -0.2) is 0 Å². The van der Waals surface area contributed by atoms with Crippen LogP contribution in [0.2, 0.25) is 0 Å². The van der Waals surface area contributed by atoms with Crippen LogP contribution in [-0.2, 0) is 0 Å². The summed E-state index contributed by atoms with van der Waals surface area (Å²) in [5.41, 5.74) is 2.94. The van der Waals surface area contributed by atoms with Gasteiger partial charge in [0.1, 0.15) is 0 Å². The molecule has 0 aliphatic heterocycles. The Kier molecular flexibility index (Phi) is 4.45. The normalized spacial score (nSPS) is 25.8. The zero-order chi connectivity index (χ0) is 13.1. The monoisotopic (exact) mass is 245 g/mol. The smallest absolute Gasteiger partial charge is 0.0351 e. The van der Waals surface area contributed by atoms with Gasteiger partial charge in [-0.15, -0.1) is 0 Å². The molecule has 1 nitrogen and oxygen atoms in total. The molecule has 0 spiro atoms. The fourth-order valence-electron chi connectivity index (χ4n) is 2.82. The van der Waals surface area contributed by atoms with Gasteiger partial charge in [0, 0.05) is 6.04 Å². The van der Waals surface area contributed by atoms with E-state index in [1.807, 2.05) is 0 Å². The second-order valence-electron chi connectivity index (χ2n) is 5.89. The van der Waals surface area contributed by atoms with Crippen LogP contribution in [0.25, 0.3) is 0 Å². The second-order valence-corrected chi connectivity index (χ2v) is 5.89. The first-order valence-electron chi connectivity index (χ1n) is 7.50. The van der Waals surface area contributed by atoms with Gasteiger partial charge < -0.3 is 5.32 Å². The van der Waals surface area contributed by atoms with E-state index in [4.69, 9.17) is 0 Å². The summed E-state index contributed by atoms with van der Waals surface area (Å²) in [6, 6.07) is 9.87. The minimum absolute atomic E-state index is 0.566. The van der Waals surface area contributed by atoms with Gasteiger partial charge in [0.25, 0.3) is 0 Å². The van der Waals surface area contributed by atoms with Crippen LogP contribution in [0.3, 0.4) is 0 Å². The van der Waals surface area contributed by atoms with Crippen LogP contribution in [-0.4, -0.2) is 6.54 Å². The van der Waals surface area contributed by atoms with Gasteiger partial charge >= 0.3 is 0 Å². The highest BCUT2D eigenvalue weighted by Crippen LogP contribution is 2.46. The van der Waals surface area contributed by atoms with Crippen LogP contribution in [0, 0.1) is 11.8 Å². The highest BCUT2D eigenvalue weighted by Gasteiger charge is 2.39. The first-order valence-corrected chi connectivity index (χ1v) is 7.50. The van der Waals surface area contributed by atoms with E-state index in [1.54, 1.807) is 0 Å². The molecule has 100 valence electrons. The third kappa shape index (κ3) is 2.95. The van der Waals surface area contributed by atoms with E-state index in [1.165, 1.54) is 24.0 Å². The third-order valence-electron chi connectivity index (χ3n) is 4.50. The topological polar surface area (TPSA) is 12.0 Å². The van der Waals surface area contributed by atoms with Crippen molar-refractivity contribution in [3.05, 3.63) is 35.4 Å². The lowest BCUT2D eigenvalue weighted by molar-refractivity contribution is 0.475. The summed E-state index contributed by atoms with van der Waals surface area (Å²) < 4.78 is 0. The van der Waals surface area contributed by atoms with Gasteiger partial charge in [-0.05, 0) is 48.3 Å². The molecular formula is C17H27N. The molecule has 1 N–H and O–H groups in total. The van der Waals surface area contributed by atoms with Crippen LogP contribution >= 0.6 is 0 Å². The van der Waals surface area contributed by atoms with Crippen molar-refractivity contribution < 1.29 is 0 Å². The molecule has 1 saturated carbocycles. The van der Waals surface area contributed by atoms with Gasteiger partial charge in [-0.1, -0.05) is 52.0 Å². The van der Waals surface area contributed by atoms with Gasteiger partial charge in [-0.3, -0.25) is 0 Å². The number of nitrogens with one attached hydrogen (secondary N) is 1. The van der Waals surface area contributed by atoms with E-state index in [0.717, 1.165) is 18.4 Å². The van der Waals surface area contributed by atoms with Crippen LogP contribution < -0.4 is 5.32 Å². The molecule has 0 aromatic heterocycles. The van der Waals surface area contributed by atoms with Gasteiger partial charge in [-0.2, -0.15) is 0 Å². The highest BCUT2D eigenvalue weighted by molar-refractivity contribution is 5.28. The predicted molar refractivity (Wildman–Crippen MR) is 78.8 cm³/mol. The Bertz CT molecular complexity index is 368. The highest BCUT2D eigenvalue weighted by atomic mass is 14.9. The fraction of sp³-hybridized carbons (Fsp3) is 0.647. The summed E-state index contributed by atoms with van der Waals surface area (Å²) in [7, 11) is 0. The van der Waals surface area contributed by atoms with Crippen LogP contribution in [0.5, 0.6) is 0 Å². The van der Waals surface area contributed by atoms with Crippen molar-refractivity contribution >= 4 is 0 Å². The summed E-state index contributed by atoms with van der Waals surface area (Å²) in [6.45, 7) is 10.2. The Morgan fingerprint density at radius 3 is 2.17 bits per heavy atom. The Morgan fingerprint density at radius 1 is 1.17 bits per heavy atom. The molecule has 1 aromatic carbocycles. The molecule has 1 aliphatic rings. The molecule has 1 fully saturated rings. The molecule has 4 unspecified atom stereocenters. The van der Waals surface area contributed by atoms with Crippen LogP contribution in [0.4, 0.5) is 0 Å². The van der Waals surface area contributed by atoms with E-state index in [-0.39, 0.29) is 0 Å². The van der Waals surface area contributed by atoms with Crippen LogP contribution in [0.1, 0.15) is 63.6 Å². The maximum Gasteiger partial charge on any atom is 0.0351 e. The quantitative estimate of drug-likeness (QED) is 0.777. The summed E-state index contributed by atoms with van der Waals surface area (Å²) >= 11 is 0. The average molecular weight is 245 g/mol. The minimum Gasteiger partial charge on any atom is -0.310 e. The molecule has 0 bridgehead atoms. The molecule has 0 amide bonds. The van der Waals surface area contributed by atoms with E-state index in [0.29, 0.717) is 12.0 Å². The largest absolute Gasteiger partial charge is 0.310 e. The molecule has 0 radical (unpaired) electrons. The molecule has 1 heteroatoms. The fourth-order valence-corrected chi connectivity index (χ4v) is 2.82. The lowest BCUT2D eigenvalue weighted by Gasteiger charge is -2.19. The average Bonchev–Trinajstić information content (AvgIpc) is 3.12. The van der Waals surface area contributed by atoms with Crippen molar-refractivity contribution in [3.63, 3.8) is 0 Å². The van der Waals surface area contributed by atoms with E-state index < -0.39 is 0 Å². The summed E-state index contributed by atoms with van der Waals surface area (Å²) in [5, 5.41) is 3.65. The SMILES string of the molecule is CCNC(c1ccc(C(C)CC)cc1)C1CC1C. The minimum atomic E-state index is 0.566. The van der Waals surface area contributed by atoms with Crippen LogP contribution in [0.15, 0.2) is 24.3 Å². The van der Waals surface area contributed by atoms with Crippen molar-refractivity contribution in [3.8, 4) is 0 Å². The Labute approximate surface area is 112 Å². The standard InChI is InChI=1S/C17H27N/c1-5-12(3)14-7-9-15(10-8-14)17(18-6-2)16-11-13(16)4/h7-10,12-13,16-18H,5-6,11H2,1-4H3. The number of benzene rings is 1. The Balaban J connectivity index is 2.11. The van der Waals surface area contributed by atoms with Crippen molar-refractivity contribution in [1.29, 1.82) is 0 Å². The van der Waals surface area contributed by atoms with Crippen molar-refractivity contribution in [2.75, 3.05) is 6.54 Å². The third-order valence-corrected chi connectivity index (χ3v) is 4.50. The molecule has 0 saturated heterocycles. The zero-order valence-electron chi connectivity index (χ0n) is 12.2. The molecule has 1 aliphatic carbocycles. The Morgan fingerprint density at radius 2 is 1.72 bits per heavy atom. The van der Waals surface area contributed by atoms with Crippen molar-refractivity contribution in [2.24, 2.45) is 11.8 Å². The van der Waals surface area contributed by atoms with Gasteiger partial charge in [0.2, 0.25) is 0 Å². The maximum atomic E-state index is 3.65. The summed E-state index contributed by atoms with van der Waals surface area (Å²) in [4.78, 5) is 0. The zero-order valence-corrected chi connectivity index (χ0v) is 12.2. The van der Waals surface area contributed by atoms with E-state index >= 15 is 0 Å². The van der Waals surface area contributed by atoms with Crippen molar-refractivity contribution in [1.82, 2.24) is 5.32 Å². The van der Waals surface area contributed by atoms with E-state index in [2.05, 4.69) is 57.3 Å². The number of rotatable bonds is 6. The van der Waals surface area contributed by atoms with Crippen molar-refractivity contribution in [2.45, 2.75) is 52.5 Å². The molecule has 0 heterocycles. The summed E-state index contributed by atoms with van der Waals surface area (Å²) in [5.74, 6) is 2.42. The second kappa shape index (κ2) is 5.88. The molecule has 18 heavy (non-hydrogen) atoms. The Hall–Kier alpha value is -0.820. The van der Waals surface area contributed by atoms with Gasteiger partial charge in [0.15, 0.2) is 0 Å². The molecule has 1 aromatic rings. The van der Waals surface area contributed by atoms with Gasteiger partial charge in [0.05, 0.1) is 0 Å². The molecular weight excluding hydrogens is 218 g/mol. The molecule has 4 atom stereocenters. The summed E-state index contributed by atoms with van der Waals surface area (Å²) in [6.07, 6.45) is 2.60. The first kappa shape index (κ1) is 13.6. The maximum absolute atomic E-state index is 3.65.